The molecule has 0 radical (unpaired) electrons. The summed E-state index contributed by atoms with van der Waals surface area (Å²) in [4.78, 5) is 1.47. The molecule has 1 rings (SSSR count). The molecule has 0 aliphatic heterocycles. The van der Waals surface area contributed by atoms with Gasteiger partial charge < -0.3 is 0 Å². The summed E-state index contributed by atoms with van der Waals surface area (Å²) in [7, 11) is 0. The molecular weight excluding hydrogens is 188 g/mol. The van der Waals surface area contributed by atoms with E-state index in [4.69, 9.17) is 0 Å². The number of unbranched alkanes of at least 4 members (excludes halogenated alkanes) is 4. The monoisotopic (exact) mass is 208 g/mol. The van der Waals surface area contributed by atoms with Crippen LogP contribution in [0.25, 0.3) is 0 Å². The first kappa shape index (κ1) is 11.5. The highest BCUT2D eigenvalue weighted by Gasteiger charge is 1.88. The van der Waals surface area contributed by atoms with Gasteiger partial charge in [0.25, 0.3) is 0 Å². The zero-order valence-corrected chi connectivity index (χ0v) is 9.85. The summed E-state index contributed by atoms with van der Waals surface area (Å²) in [6, 6.07) is 4.32. The smallest absolute Gasteiger partial charge is 0.00828 e. The fraction of sp³-hybridized carbons (Fsp3) is 0.538. The first-order valence-corrected chi connectivity index (χ1v) is 6.49. The molecule has 0 amide bonds. The topological polar surface area (TPSA) is 0 Å². The Labute approximate surface area is 91.7 Å². The average Bonchev–Trinajstić information content (AvgIpc) is 2.69. The minimum absolute atomic E-state index is 1.12. The Balaban J connectivity index is 1.99. The van der Waals surface area contributed by atoms with E-state index in [0.29, 0.717) is 0 Å². The average molecular weight is 208 g/mol. The van der Waals surface area contributed by atoms with Crippen molar-refractivity contribution < 1.29 is 0 Å². The summed E-state index contributed by atoms with van der Waals surface area (Å²) in [5.41, 5.74) is 0. The van der Waals surface area contributed by atoms with Crippen LogP contribution in [0.15, 0.2) is 29.7 Å². The van der Waals surface area contributed by atoms with E-state index in [-0.39, 0.29) is 0 Å². The van der Waals surface area contributed by atoms with Crippen molar-refractivity contribution >= 4 is 11.3 Å². The highest BCUT2D eigenvalue weighted by Crippen LogP contribution is 2.10. The molecule has 1 aromatic rings. The second-order valence-corrected chi connectivity index (χ2v) is 4.64. The SMILES string of the molecule is CCCCCC/C=C/Cc1cccs1. The quantitative estimate of drug-likeness (QED) is 0.445. The molecule has 0 aromatic carbocycles. The minimum Gasteiger partial charge on any atom is -0.149 e. The highest BCUT2D eigenvalue weighted by atomic mass is 32.1. The molecule has 0 saturated carbocycles. The van der Waals surface area contributed by atoms with Crippen molar-refractivity contribution in [2.45, 2.75) is 45.4 Å². The van der Waals surface area contributed by atoms with Gasteiger partial charge in [0.05, 0.1) is 0 Å². The van der Waals surface area contributed by atoms with Crippen LogP contribution in [-0.4, -0.2) is 0 Å². The molecule has 0 fully saturated rings. The molecule has 0 nitrogen and oxygen atoms in total. The second kappa shape index (κ2) is 7.81. The van der Waals surface area contributed by atoms with Gasteiger partial charge in [-0.25, -0.2) is 0 Å². The predicted octanol–water partition coefficient (Wildman–Crippen LogP) is 4.82. The zero-order chi connectivity index (χ0) is 10.1. The molecule has 1 heterocycles. The lowest BCUT2D eigenvalue weighted by atomic mass is 10.1. The standard InChI is InChI=1S/C13H20S/c1-2-3-4-5-6-7-8-10-13-11-9-12-14-13/h7-9,11-12H,2-6,10H2,1H3/b8-7+. The molecule has 0 saturated heterocycles. The van der Waals surface area contributed by atoms with Crippen LogP contribution in [0, 0.1) is 0 Å². The van der Waals surface area contributed by atoms with Crippen molar-refractivity contribution in [3.8, 4) is 0 Å². The number of hydrogen-bond donors (Lipinski definition) is 0. The first-order valence-electron chi connectivity index (χ1n) is 5.61. The van der Waals surface area contributed by atoms with Crippen molar-refractivity contribution in [3.63, 3.8) is 0 Å². The van der Waals surface area contributed by atoms with E-state index in [1.807, 2.05) is 11.3 Å². The lowest BCUT2D eigenvalue weighted by Crippen LogP contribution is -1.75. The molecule has 14 heavy (non-hydrogen) atoms. The van der Waals surface area contributed by atoms with Gasteiger partial charge in [-0.1, -0.05) is 44.4 Å². The van der Waals surface area contributed by atoms with Gasteiger partial charge >= 0.3 is 0 Å². The van der Waals surface area contributed by atoms with Crippen molar-refractivity contribution in [2.24, 2.45) is 0 Å². The molecule has 0 bridgehead atoms. The second-order valence-electron chi connectivity index (χ2n) is 3.60. The van der Waals surface area contributed by atoms with Gasteiger partial charge in [-0.2, -0.15) is 0 Å². The Morgan fingerprint density at radius 3 is 2.86 bits per heavy atom. The van der Waals surface area contributed by atoms with E-state index in [9.17, 15) is 0 Å². The van der Waals surface area contributed by atoms with Crippen molar-refractivity contribution in [1.29, 1.82) is 0 Å². The minimum atomic E-state index is 1.12. The maximum absolute atomic E-state index is 2.33. The normalized spacial score (nSPS) is 11.2. The molecule has 0 N–H and O–H groups in total. The Hall–Kier alpha value is -0.560. The third-order valence-corrected chi connectivity index (χ3v) is 3.19. The van der Waals surface area contributed by atoms with Crippen molar-refractivity contribution in [3.05, 3.63) is 34.5 Å². The number of rotatable bonds is 7. The van der Waals surface area contributed by atoms with Gasteiger partial charge in [-0.05, 0) is 30.7 Å². The van der Waals surface area contributed by atoms with Crippen LogP contribution in [0.3, 0.4) is 0 Å². The van der Waals surface area contributed by atoms with E-state index in [0.717, 1.165) is 6.42 Å². The predicted molar refractivity (Wildman–Crippen MR) is 65.9 cm³/mol. The first-order chi connectivity index (χ1) is 6.93. The van der Waals surface area contributed by atoms with Crippen molar-refractivity contribution in [1.82, 2.24) is 0 Å². The van der Waals surface area contributed by atoms with E-state index in [1.165, 1.54) is 37.0 Å². The van der Waals surface area contributed by atoms with Gasteiger partial charge in [0.1, 0.15) is 0 Å². The van der Waals surface area contributed by atoms with Gasteiger partial charge in [0.2, 0.25) is 0 Å². The lowest BCUT2D eigenvalue weighted by Gasteiger charge is -1.94. The van der Waals surface area contributed by atoms with Crippen LogP contribution >= 0.6 is 11.3 Å². The third kappa shape index (κ3) is 5.23. The van der Waals surface area contributed by atoms with Gasteiger partial charge in [0, 0.05) is 4.88 Å². The molecule has 0 aliphatic carbocycles. The molecule has 0 unspecified atom stereocenters. The van der Waals surface area contributed by atoms with E-state index >= 15 is 0 Å². The Morgan fingerprint density at radius 2 is 2.14 bits per heavy atom. The van der Waals surface area contributed by atoms with Crippen LogP contribution in [0.2, 0.25) is 0 Å². The fourth-order valence-corrected chi connectivity index (χ4v) is 2.12. The van der Waals surface area contributed by atoms with E-state index in [1.54, 1.807) is 0 Å². The van der Waals surface area contributed by atoms with Crippen molar-refractivity contribution in [2.75, 3.05) is 0 Å². The third-order valence-electron chi connectivity index (χ3n) is 2.29. The Kier molecular flexibility index (Phi) is 6.42. The van der Waals surface area contributed by atoms with Crippen LogP contribution < -0.4 is 0 Å². The van der Waals surface area contributed by atoms with Crippen LogP contribution in [0.1, 0.15) is 43.9 Å². The lowest BCUT2D eigenvalue weighted by molar-refractivity contribution is 0.674. The molecule has 78 valence electrons. The summed E-state index contributed by atoms with van der Waals surface area (Å²) in [5, 5.41) is 2.14. The molecule has 0 atom stereocenters. The summed E-state index contributed by atoms with van der Waals surface area (Å²) in [6.07, 6.45) is 12.5. The van der Waals surface area contributed by atoms with Crippen LogP contribution in [-0.2, 0) is 6.42 Å². The van der Waals surface area contributed by atoms with E-state index in [2.05, 4.69) is 36.6 Å². The van der Waals surface area contributed by atoms with Gasteiger partial charge in [0.15, 0.2) is 0 Å². The molecule has 0 aliphatic rings. The molecule has 1 aromatic heterocycles. The summed E-state index contributed by atoms with van der Waals surface area (Å²) < 4.78 is 0. The van der Waals surface area contributed by atoms with Crippen LogP contribution in [0.4, 0.5) is 0 Å². The molecule has 1 heteroatoms. The Morgan fingerprint density at radius 1 is 1.21 bits per heavy atom. The molecule has 0 spiro atoms. The van der Waals surface area contributed by atoms with E-state index < -0.39 is 0 Å². The maximum atomic E-state index is 2.33. The zero-order valence-electron chi connectivity index (χ0n) is 9.04. The fourth-order valence-electron chi connectivity index (χ4n) is 1.44. The number of allylic oxidation sites excluding steroid dienone is 2. The summed E-state index contributed by atoms with van der Waals surface area (Å²) >= 11 is 1.84. The summed E-state index contributed by atoms with van der Waals surface area (Å²) in [6.45, 7) is 2.26. The maximum Gasteiger partial charge on any atom is 0.00828 e. The van der Waals surface area contributed by atoms with Crippen LogP contribution in [0.5, 0.6) is 0 Å². The highest BCUT2D eigenvalue weighted by molar-refractivity contribution is 7.09. The van der Waals surface area contributed by atoms with Gasteiger partial charge in [-0.3, -0.25) is 0 Å². The number of thiophene rings is 1. The number of hydrogen-bond acceptors (Lipinski definition) is 1. The van der Waals surface area contributed by atoms with Gasteiger partial charge in [-0.15, -0.1) is 11.3 Å². The largest absolute Gasteiger partial charge is 0.149 e. The Bertz CT molecular complexity index is 234. The summed E-state index contributed by atoms with van der Waals surface area (Å²) in [5.74, 6) is 0. The molecular formula is C13H20S.